The van der Waals surface area contributed by atoms with Gasteiger partial charge in [0.15, 0.2) is 0 Å². The summed E-state index contributed by atoms with van der Waals surface area (Å²) < 4.78 is 2.26. The highest BCUT2D eigenvalue weighted by molar-refractivity contribution is 5.79. The molecule has 3 nitrogen and oxygen atoms in total. The summed E-state index contributed by atoms with van der Waals surface area (Å²) in [5.74, 6) is 0.796. The normalized spacial score (nSPS) is 25.5. The monoisotopic (exact) mass is 187 g/mol. The van der Waals surface area contributed by atoms with Crippen LogP contribution in [0, 0.1) is 5.92 Å². The van der Waals surface area contributed by atoms with E-state index in [-0.39, 0.29) is 0 Å². The molecule has 0 bridgehead atoms. The van der Waals surface area contributed by atoms with E-state index in [0.29, 0.717) is 6.04 Å². The summed E-state index contributed by atoms with van der Waals surface area (Å²) in [6.07, 6.45) is 3.20. The third-order valence-corrected chi connectivity index (χ3v) is 3.02. The Hall–Kier alpha value is -1.51. The third-order valence-electron chi connectivity index (χ3n) is 3.02. The van der Waals surface area contributed by atoms with Crippen molar-refractivity contribution in [2.75, 3.05) is 5.73 Å². The highest BCUT2D eigenvalue weighted by Crippen LogP contribution is 2.44. The van der Waals surface area contributed by atoms with E-state index < -0.39 is 0 Å². The average molecular weight is 187 g/mol. The molecule has 3 rings (SSSR count). The molecule has 1 saturated carbocycles. The van der Waals surface area contributed by atoms with Crippen molar-refractivity contribution in [3.63, 3.8) is 0 Å². The predicted octanol–water partition coefficient (Wildman–Crippen LogP) is 2.20. The Morgan fingerprint density at radius 2 is 2.29 bits per heavy atom. The Labute approximate surface area is 82.5 Å². The van der Waals surface area contributed by atoms with Gasteiger partial charge in [-0.3, -0.25) is 0 Å². The van der Waals surface area contributed by atoms with Crippen molar-refractivity contribution in [2.24, 2.45) is 5.92 Å². The molecule has 1 fully saturated rings. The lowest BCUT2D eigenvalue weighted by Gasteiger charge is -2.01. The number of nitrogens with zero attached hydrogens (tertiary/aromatic N) is 2. The van der Waals surface area contributed by atoms with Gasteiger partial charge in [0, 0.05) is 11.7 Å². The second-order valence-corrected chi connectivity index (χ2v) is 4.18. The van der Waals surface area contributed by atoms with E-state index >= 15 is 0 Å². The van der Waals surface area contributed by atoms with Gasteiger partial charge in [0.1, 0.15) is 0 Å². The van der Waals surface area contributed by atoms with Crippen molar-refractivity contribution in [2.45, 2.75) is 19.4 Å². The van der Waals surface area contributed by atoms with E-state index in [1.807, 2.05) is 18.5 Å². The summed E-state index contributed by atoms with van der Waals surface area (Å²) in [7, 11) is 0. The van der Waals surface area contributed by atoms with Crippen LogP contribution in [0.1, 0.15) is 19.4 Å². The smallest absolute Gasteiger partial charge is 0.0961 e. The maximum Gasteiger partial charge on any atom is 0.0961 e. The molecule has 3 heteroatoms. The molecule has 1 aromatic carbocycles. The Balaban J connectivity index is 2.17. The summed E-state index contributed by atoms with van der Waals surface area (Å²) >= 11 is 0. The predicted molar refractivity (Wildman–Crippen MR) is 57.0 cm³/mol. The number of nitrogens with two attached hydrogens (primary N) is 1. The van der Waals surface area contributed by atoms with Crippen LogP contribution in [0.3, 0.4) is 0 Å². The number of rotatable bonds is 1. The van der Waals surface area contributed by atoms with Gasteiger partial charge in [0.25, 0.3) is 0 Å². The molecule has 0 radical (unpaired) electrons. The third kappa shape index (κ3) is 1.02. The number of aromatic nitrogens is 2. The van der Waals surface area contributed by atoms with Crippen LogP contribution >= 0.6 is 0 Å². The van der Waals surface area contributed by atoms with Crippen molar-refractivity contribution >= 4 is 16.7 Å². The van der Waals surface area contributed by atoms with E-state index in [4.69, 9.17) is 5.73 Å². The molecule has 2 atom stereocenters. The summed E-state index contributed by atoms with van der Waals surface area (Å²) in [4.78, 5) is 4.36. The largest absolute Gasteiger partial charge is 0.399 e. The minimum atomic E-state index is 0.656. The summed E-state index contributed by atoms with van der Waals surface area (Å²) in [6, 6.07) is 6.58. The molecule has 1 aliphatic carbocycles. The molecule has 0 spiro atoms. The fraction of sp³-hybridized carbons (Fsp3) is 0.364. The molecule has 72 valence electrons. The minimum absolute atomic E-state index is 0.656. The SMILES string of the molecule is CC1CC1n1cnc2cc(N)ccc21. The van der Waals surface area contributed by atoms with Crippen LogP contribution in [0.4, 0.5) is 5.69 Å². The van der Waals surface area contributed by atoms with E-state index in [1.54, 1.807) is 0 Å². The Morgan fingerprint density at radius 1 is 1.50 bits per heavy atom. The first-order valence-electron chi connectivity index (χ1n) is 4.98. The van der Waals surface area contributed by atoms with Crippen LogP contribution in [0.25, 0.3) is 11.0 Å². The second kappa shape index (κ2) is 2.50. The van der Waals surface area contributed by atoms with E-state index in [2.05, 4.69) is 22.5 Å². The van der Waals surface area contributed by atoms with Crippen molar-refractivity contribution in [1.82, 2.24) is 9.55 Å². The molecule has 2 aromatic rings. The molecule has 2 N–H and O–H groups in total. The molecule has 0 aliphatic heterocycles. The van der Waals surface area contributed by atoms with Gasteiger partial charge in [-0.25, -0.2) is 4.98 Å². The fourth-order valence-electron chi connectivity index (χ4n) is 2.00. The molecule has 1 aromatic heterocycles. The maximum absolute atomic E-state index is 5.70. The molecular formula is C11H13N3. The van der Waals surface area contributed by atoms with Crippen molar-refractivity contribution in [3.05, 3.63) is 24.5 Å². The van der Waals surface area contributed by atoms with Crippen LogP contribution in [0.15, 0.2) is 24.5 Å². The second-order valence-electron chi connectivity index (χ2n) is 4.18. The quantitative estimate of drug-likeness (QED) is 0.695. The lowest BCUT2D eigenvalue weighted by molar-refractivity contribution is 0.704. The molecule has 14 heavy (non-hydrogen) atoms. The van der Waals surface area contributed by atoms with Gasteiger partial charge in [0.2, 0.25) is 0 Å². The van der Waals surface area contributed by atoms with Crippen LogP contribution in [-0.4, -0.2) is 9.55 Å². The first kappa shape index (κ1) is 7.85. The van der Waals surface area contributed by atoms with Gasteiger partial charge in [-0.15, -0.1) is 0 Å². The number of nitrogen functional groups attached to an aromatic ring is 1. The maximum atomic E-state index is 5.70. The zero-order valence-electron chi connectivity index (χ0n) is 8.14. The van der Waals surface area contributed by atoms with E-state index in [0.717, 1.165) is 17.1 Å². The van der Waals surface area contributed by atoms with Crippen LogP contribution in [-0.2, 0) is 0 Å². The number of imidazole rings is 1. The van der Waals surface area contributed by atoms with Crippen molar-refractivity contribution < 1.29 is 0 Å². The standard InChI is InChI=1S/C11H13N3/c1-7-4-11(7)14-6-13-9-5-8(12)2-3-10(9)14/h2-3,5-7,11H,4,12H2,1H3. The molecular weight excluding hydrogens is 174 g/mol. The topological polar surface area (TPSA) is 43.8 Å². The van der Waals surface area contributed by atoms with Gasteiger partial charge in [-0.1, -0.05) is 6.92 Å². The Kier molecular flexibility index (Phi) is 1.40. The first-order chi connectivity index (χ1) is 6.75. The molecule has 0 saturated heterocycles. The number of benzene rings is 1. The molecule has 0 amide bonds. The van der Waals surface area contributed by atoms with Crippen molar-refractivity contribution in [1.29, 1.82) is 0 Å². The fourth-order valence-corrected chi connectivity index (χ4v) is 2.00. The lowest BCUT2D eigenvalue weighted by Crippen LogP contribution is -1.92. The highest BCUT2D eigenvalue weighted by Gasteiger charge is 2.34. The summed E-state index contributed by atoms with van der Waals surface area (Å²) in [5.41, 5.74) is 8.69. The van der Waals surface area contributed by atoms with E-state index in [9.17, 15) is 0 Å². The number of hydrogen-bond donors (Lipinski definition) is 1. The zero-order valence-corrected chi connectivity index (χ0v) is 8.14. The molecule has 1 heterocycles. The van der Waals surface area contributed by atoms with Crippen LogP contribution in [0.2, 0.25) is 0 Å². The van der Waals surface area contributed by atoms with Gasteiger partial charge >= 0.3 is 0 Å². The minimum Gasteiger partial charge on any atom is -0.399 e. The lowest BCUT2D eigenvalue weighted by atomic mass is 10.3. The van der Waals surface area contributed by atoms with Gasteiger partial charge in [-0.05, 0) is 30.5 Å². The van der Waals surface area contributed by atoms with Gasteiger partial charge in [0.05, 0.1) is 17.4 Å². The van der Waals surface area contributed by atoms with Crippen molar-refractivity contribution in [3.8, 4) is 0 Å². The van der Waals surface area contributed by atoms with Gasteiger partial charge in [-0.2, -0.15) is 0 Å². The number of anilines is 1. The average Bonchev–Trinajstić information content (AvgIpc) is 2.75. The number of hydrogen-bond acceptors (Lipinski definition) is 2. The van der Waals surface area contributed by atoms with E-state index in [1.165, 1.54) is 11.9 Å². The Bertz CT molecular complexity index is 486. The Morgan fingerprint density at radius 3 is 3.00 bits per heavy atom. The summed E-state index contributed by atoms with van der Waals surface area (Å²) in [5, 5.41) is 0. The van der Waals surface area contributed by atoms with Gasteiger partial charge < -0.3 is 10.3 Å². The first-order valence-corrected chi connectivity index (χ1v) is 4.98. The van der Waals surface area contributed by atoms with Crippen LogP contribution in [0.5, 0.6) is 0 Å². The highest BCUT2D eigenvalue weighted by atomic mass is 15.1. The number of fused-ring (bicyclic) bond motifs is 1. The summed E-state index contributed by atoms with van der Waals surface area (Å²) in [6.45, 7) is 2.27. The molecule has 2 unspecified atom stereocenters. The molecule has 1 aliphatic rings. The zero-order chi connectivity index (χ0) is 9.71. The van der Waals surface area contributed by atoms with Crippen LogP contribution < -0.4 is 5.73 Å².